The Bertz CT molecular complexity index is 1580. The minimum atomic E-state index is -0.234. The van der Waals surface area contributed by atoms with E-state index in [0.29, 0.717) is 34.7 Å². The highest BCUT2D eigenvalue weighted by molar-refractivity contribution is 7.10. The van der Waals surface area contributed by atoms with Crippen LogP contribution in [0.1, 0.15) is 45.6 Å². The number of carbonyl (C=O) groups is 1. The molecule has 0 bridgehead atoms. The molecule has 3 N–H and O–H groups in total. The topological polar surface area (TPSA) is 97.1 Å². The Labute approximate surface area is 231 Å². The van der Waals surface area contributed by atoms with E-state index in [9.17, 15) is 9.59 Å². The van der Waals surface area contributed by atoms with Crippen LogP contribution in [0.4, 0.5) is 5.69 Å². The third-order valence-corrected chi connectivity index (χ3v) is 8.93. The second-order valence-corrected chi connectivity index (χ2v) is 11.6. The number of benzene rings is 1. The predicted molar refractivity (Wildman–Crippen MR) is 158 cm³/mol. The summed E-state index contributed by atoms with van der Waals surface area (Å²) in [6, 6.07) is 7.79. The van der Waals surface area contributed by atoms with Gasteiger partial charge in [0, 0.05) is 42.2 Å². The highest BCUT2D eigenvalue weighted by Crippen LogP contribution is 2.31. The molecule has 6 rings (SSSR count). The van der Waals surface area contributed by atoms with Crippen LogP contribution >= 0.6 is 11.3 Å². The molecule has 1 fully saturated rings. The average molecular weight is 543 g/mol. The molecule has 2 aliphatic rings. The minimum absolute atomic E-state index is 0.0508. The van der Waals surface area contributed by atoms with Gasteiger partial charge < -0.3 is 25.1 Å². The largest absolute Gasteiger partial charge is 0.378 e. The molecule has 9 heteroatoms. The van der Waals surface area contributed by atoms with Crippen molar-refractivity contribution >= 4 is 34.0 Å². The SMILES string of the molecule is C=C[C@@H](Cc1sccc1C)Nc1cc[nH]c(=O)c1-c1nc2cc3c(cc2[nH]1)CN(CCCN1CCCC1)C3=O. The number of carbonyl (C=O) groups excluding carboxylic acids is 1. The van der Waals surface area contributed by atoms with E-state index in [1.807, 2.05) is 29.2 Å². The zero-order valence-electron chi connectivity index (χ0n) is 22.3. The molecule has 1 aromatic carbocycles. The molecule has 0 unspecified atom stereocenters. The fourth-order valence-corrected chi connectivity index (χ4v) is 6.68. The van der Waals surface area contributed by atoms with E-state index in [1.165, 1.54) is 36.4 Å². The maximum Gasteiger partial charge on any atom is 0.261 e. The molecule has 5 heterocycles. The van der Waals surface area contributed by atoms with Crippen molar-refractivity contribution in [2.45, 2.75) is 45.2 Å². The van der Waals surface area contributed by atoms with Crippen molar-refractivity contribution in [2.24, 2.45) is 0 Å². The summed E-state index contributed by atoms with van der Waals surface area (Å²) in [4.78, 5) is 42.8. The number of aryl methyl sites for hydroxylation is 1. The first-order valence-corrected chi connectivity index (χ1v) is 14.6. The van der Waals surface area contributed by atoms with Gasteiger partial charge in [-0.3, -0.25) is 9.59 Å². The second-order valence-electron chi connectivity index (χ2n) is 10.6. The third kappa shape index (κ3) is 5.16. The number of imidazole rings is 1. The zero-order chi connectivity index (χ0) is 26.9. The van der Waals surface area contributed by atoms with E-state index >= 15 is 0 Å². The summed E-state index contributed by atoms with van der Waals surface area (Å²) in [6.45, 7) is 10.9. The lowest BCUT2D eigenvalue weighted by atomic mass is 10.1. The smallest absolute Gasteiger partial charge is 0.261 e. The Kier molecular flexibility index (Phi) is 7.10. The number of thiophene rings is 1. The molecule has 3 aromatic heterocycles. The predicted octanol–water partition coefficient (Wildman–Crippen LogP) is 4.94. The van der Waals surface area contributed by atoms with Crippen molar-refractivity contribution in [1.82, 2.24) is 24.8 Å². The number of aromatic nitrogens is 3. The van der Waals surface area contributed by atoms with E-state index in [-0.39, 0.29) is 17.5 Å². The second kappa shape index (κ2) is 10.8. The maximum absolute atomic E-state index is 13.2. The molecule has 1 atom stereocenters. The fourth-order valence-electron chi connectivity index (χ4n) is 5.71. The van der Waals surface area contributed by atoms with Crippen LogP contribution < -0.4 is 10.9 Å². The lowest BCUT2D eigenvalue weighted by Crippen LogP contribution is -2.29. The molecular weight excluding hydrogens is 508 g/mol. The number of H-pyrrole nitrogens is 2. The molecule has 0 saturated carbocycles. The Morgan fingerprint density at radius 3 is 2.82 bits per heavy atom. The number of fused-ring (bicyclic) bond motifs is 2. The van der Waals surface area contributed by atoms with Crippen LogP contribution in [0.3, 0.4) is 0 Å². The quantitative estimate of drug-likeness (QED) is 0.247. The average Bonchev–Trinajstić information content (AvgIpc) is 3.72. The first-order chi connectivity index (χ1) is 19.0. The van der Waals surface area contributed by atoms with Crippen molar-refractivity contribution < 1.29 is 4.79 Å². The summed E-state index contributed by atoms with van der Waals surface area (Å²) in [5.74, 6) is 0.540. The number of anilines is 1. The Balaban J connectivity index is 1.22. The highest BCUT2D eigenvalue weighted by Gasteiger charge is 2.29. The fraction of sp³-hybridized carbons (Fsp3) is 0.367. The summed E-state index contributed by atoms with van der Waals surface area (Å²) < 4.78 is 0. The minimum Gasteiger partial charge on any atom is -0.378 e. The van der Waals surface area contributed by atoms with Crippen molar-refractivity contribution in [3.8, 4) is 11.4 Å². The van der Waals surface area contributed by atoms with Crippen LogP contribution in [0.5, 0.6) is 0 Å². The molecule has 8 nitrogen and oxygen atoms in total. The lowest BCUT2D eigenvalue weighted by Gasteiger charge is -2.19. The number of nitrogens with one attached hydrogen (secondary N) is 3. The van der Waals surface area contributed by atoms with E-state index in [1.54, 1.807) is 17.5 Å². The van der Waals surface area contributed by atoms with Crippen LogP contribution in [-0.4, -0.2) is 62.9 Å². The van der Waals surface area contributed by atoms with Crippen molar-refractivity contribution in [3.63, 3.8) is 0 Å². The van der Waals surface area contributed by atoms with Crippen LogP contribution in [0.25, 0.3) is 22.4 Å². The summed E-state index contributed by atoms with van der Waals surface area (Å²) in [6.07, 6.45) is 7.85. The van der Waals surface area contributed by atoms with Crippen molar-refractivity contribution in [3.05, 3.63) is 80.4 Å². The van der Waals surface area contributed by atoms with Crippen molar-refractivity contribution in [2.75, 3.05) is 31.5 Å². The van der Waals surface area contributed by atoms with Gasteiger partial charge in [-0.2, -0.15) is 0 Å². The van der Waals surface area contributed by atoms with Gasteiger partial charge in [-0.15, -0.1) is 17.9 Å². The number of nitrogens with zero attached hydrogens (tertiary/aromatic N) is 3. The lowest BCUT2D eigenvalue weighted by molar-refractivity contribution is 0.0772. The van der Waals surface area contributed by atoms with Crippen LogP contribution in [0.2, 0.25) is 0 Å². The van der Waals surface area contributed by atoms with Gasteiger partial charge in [-0.1, -0.05) is 6.08 Å². The van der Waals surface area contributed by atoms with E-state index in [0.717, 1.165) is 37.0 Å². The summed E-state index contributed by atoms with van der Waals surface area (Å²) in [5, 5.41) is 5.58. The molecule has 0 aliphatic carbocycles. The van der Waals surface area contributed by atoms with Crippen LogP contribution in [0, 0.1) is 6.92 Å². The highest BCUT2D eigenvalue weighted by atomic mass is 32.1. The molecular formula is C30H34N6O2S. The van der Waals surface area contributed by atoms with Gasteiger partial charge >= 0.3 is 0 Å². The molecule has 1 amide bonds. The first kappa shape index (κ1) is 25.6. The standard InChI is InChI=1S/C30H34N6O2S/c1-3-21(16-26-19(2)8-14-39-26)32-23-7-9-31-29(37)27(23)28-33-24-15-20-18-36(13-6-12-35-10-4-5-11-35)30(38)22(20)17-25(24)34-28/h3,7-9,14-15,17,21H,1,4-6,10-13,16,18H2,2H3,(H,33,34)(H2,31,32,37)/t21-/m0/s1. The van der Waals surface area contributed by atoms with Gasteiger partial charge in [0.05, 0.1) is 16.7 Å². The summed E-state index contributed by atoms with van der Waals surface area (Å²) in [5.41, 5.74) is 5.36. The van der Waals surface area contributed by atoms with E-state index in [2.05, 4.69) is 45.1 Å². The van der Waals surface area contributed by atoms with Gasteiger partial charge in [0.1, 0.15) is 11.4 Å². The van der Waals surface area contributed by atoms with Crippen molar-refractivity contribution in [1.29, 1.82) is 0 Å². The van der Waals surface area contributed by atoms with E-state index < -0.39 is 0 Å². The normalized spacial score (nSPS) is 16.2. The van der Waals surface area contributed by atoms with Gasteiger partial charge in [0.25, 0.3) is 11.5 Å². The number of hydrogen-bond donors (Lipinski definition) is 3. The molecule has 4 aromatic rings. The van der Waals surface area contributed by atoms with Gasteiger partial charge in [-0.25, -0.2) is 4.98 Å². The number of likely N-dealkylation sites (tertiary alicyclic amines) is 1. The Hall–Kier alpha value is -3.69. The summed E-state index contributed by atoms with van der Waals surface area (Å²) >= 11 is 1.72. The van der Waals surface area contributed by atoms with Gasteiger partial charge in [-0.05, 0) is 86.6 Å². The third-order valence-electron chi connectivity index (χ3n) is 7.88. The molecule has 1 saturated heterocycles. The number of aromatic amines is 2. The number of amides is 1. The molecule has 39 heavy (non-hydrogen) atoms. The Morgan fingerprint density at radius 2 is 2.05 bits per heavy atom. The maximum atomic E-state index is 13.2. The zero-order valence-corrected chi connectivity index (χ0v) is 23.1. The molecule has 0 radical (unpaired) electrons. The molecule has 0 spiro atoms. The number of hydrogen-bond acceptors (Lipinski definition) is 6. The first-order valence-electron chi connectivity index (χ1n) is 13.7. The number of pyridine rings is 1. The Morgan fingerprint density at radius 1 is 1.21 bits per heavy atom. The van der Waals surface area contributed by atoms with E-state index in [4.69, 9.17) is 4.98 Å². The van der Waals surface area contributed by atoms with Gasteiger partial charge in [0.2, 0.25) is 0 Å². The monoisotopic (exact) mass is 542 g/mol. The summed E-state index contributed by atoms with van der Waals surface area (Å²) in [7, 11) is 0. The number of rotatable bonds is 10. The van der Waals surface area contributed by atoms with Crippen LogP contribution in [-0.2, 0) is 13.0 Å². The van der Waals surface area contributed by atoms with Crippen LogP contribution in [0.15, 0.2) is 53.3 Å². The molecule has 2 aliphatic heterocycles. The molecule has 202 valence electrons. The van der Waals surface area contributed by atoms with Gasteiger partial charge in [0.15, 0.2) is 0 Å².